The highest BCUT2D eigenvalue weighted by Crippen LogP contribution is 2.22. The Morgan fingerprint density at radius 2 is 1.82 bits per heavy atom. The molecular weight excluding hydrogens is 436 g/mol. The van der Waals surface area contributed by atoms with Gasteiger partial charge in [-0.05, 0) is 36.2 Å². The second-order valence-corrected chi connectivity index (χ2v) is 8.22. The molecule has 4 rings (SSSR count). The molecule has 0 aliphatic heterocycles. The summed E-state index contributed by atoms with van der Waals surface area (Å²) in [7, 11) is 3.00. The third kappa shape index (κ3) is 4.42. The summed E-state index contributed by atoms with van der Waals surface area (Å²) in [6, 6.07) is 10.4. The lowest BCUT2D eigenvalue weighted by molar-refractivity contribution is 0.102. The summed E-state index contributed by atoms with van der Waals surface area (Å²) in [4.78, 5) is 50.9. The Morgan fingerprint density at radius 1 is 1.09 bits per heavy atom. The number of nitrogens with zero attached hydrogens (tertiary/aromatic N) is 5. The first-order chi connectivity index (χ1) is 16.3. The van der Waals surface area contributed by atoms with E-state index in [0.29, 0.717) is 18.1 Å². The zero-order chi connectivity index (χ0) is 24.4. The summed E-state index contributed by atoms with van der Waals surface area (Å²) in [5, 5.41) is 2.91. The third-order valence-electron chi connectivity index (χ3n) is 5.28. The summed E-state index contributed by atoms with van der Waals surface area (Å²) in [6.07, 6.45) is 2.70. The number of anilines is 1. The summed E-state index contributed by atoms with van der Waals surface area (Å²) < 4.78 is 7.65. The number of carbonyl (C=O) groups excluding carboxylic acids is 1. The molecule has 1 amide bonds. The molecule has 1 N–H and O–H groups in total. The van der Waals surface area contributed by atoms with Crippen LogP contribution in [0.3, 0.4) is 0 Å². The first-order valence-electron chi connectivity index (χ1n) is 10.7. The van der Waals surface area contributed by atoms with E-state index in [1.54, 1.807) is 13.2 Å². The number of pyridine rings is 1. The van der Waals surface area contributed by atoms with Crippen LogP contribution in [-0.2, 0) is 13.6 Å². The van der Waals surface area contributed by atoms with Crippen molar-refractivity contribution in [3.63, 3.8) is 0 Å². The van der Waals surface area contributed by atoms with Crippen molar-refractivity contribution in [2.24, 2.45) is 13.0 Å². The first-order valence-corrected chi connectivity index (χ1v) is 10.7. The average Bonchev–Trinajstić information content (AvgIpc) is 2.85. The molecule has 3 aromatic heterocycles. The van der Waals surface area contributed by atoms with Gasteiger partial charge in [0.1, 0.15) is 23.5 Å². The fraction of sp³-hybridized carbons (Fsp3) is 0.250. The summed E-state index contributed by atoms with van der Waals surface area (Å²) in [6.45, 7) is 4.33. The lowest BCUT2D eigenvalue weighted by atomic mass is 10.1. The standard InChI is InChI=1S/C24H24N6O4/c1-14(2)12-30-21-18(23(32)29(3)24(30)33)9-16(11-25-21)22(31)28-20-10-19(26-13-27-20)15-5-7-17(34-4)8-6-15/h5-11,13-14H,12H2,1-4H3,(H,26,27,28,31). The number of aromatic nitrogens is 5. The SMILES string of the molecule is COc1ccc(-c2cc(NC(=O)c3cnc4c(c3)c(=O)n(C)c(=O)n4CC(C)C)ncn2)cc1. The minimum atomic E-state index is -0.508. The summed E-state index contributed by atoms with van der Waals surface area (Å²) in [5.41, 5.74) is 0.925. The van der Waals surface area contributed by atoms with Crippen LogP contribution in [0.4, 0.5) is 5.82 Å². The number of ether oxygens (including phenoxy) is 1. The maximum Gasteiger partial charge on any atom is 0.332 e. The average molecular weight is 460 g/mol. The zero-order valence-corrected chi connectivity index (χ0v) is 19.3. The number of methoxy groups -OCH3 is 1. The Hall–Kier alpha value is -4.34. The van der Waals surface area contributed by atoms with Crippen molar-refractivity contribution in [1.82, 2.24) is 24.1 Å². The van der Waals surface area contributed by atoms with Crippen LogP contribution < -0.4 is 21.3 Å². The van der Waals surface area contributed by atoms with Gasteiger partial charge < -0.3 is 10.1 Å². The molecule has 0 bridgehead atoms. The number of benzene rings is 1. The van der Waals surface area contributed by atoms with Crippen LogP contribution in [-0.4, -0.2) is 37.1 Å². The quantitative estimate of drug-likeness (QED) is 0.469. The molecule has 34 heavy (non-hydrogen) atoms. The Bertz CT molecular complexity index is 1490. The minimum absolute atomic E-state index is 0.167. The Kier molecular flexibility index (Phi) is 6.22. The van der Waals surface area contributed by atoms with Crippen molar-refractivity contribution >= 4 is 22.8 Å². The van der Waals surface area contributed by atoms with E-state index >= 15 is 0 Å². The van der Waals surface area contributed by atoms with Gasteiger partial charge in [-0.2, -0.15) is 0 Å². The van der Waals surface area contributed by atoms with Gasteiger partial charge in [-0.3, -0.25) is 18.7 Å². The number of hydrogen-bond acceptors (Lipinski definition) is 7. The van der Waals surface area contributed by atoms with Gasteiger partial charge in [0.2, 0.25) is 0 Å². The molecular formula is C24H24N6O4. The fourth-order valence-corrected chi connectivity index (χ4v) is 3.56. The van der Waals surface area contributed by atoms with E-state index in [9.17, 15) is 14.4 Å². The van der Waals surface area contributed by atoms with Crippen LogP contribution >= 0.6 is 0 Å². The van der Waals surface area contributed by atoms with E-state index in [0.717, 1.165) is 15.9 Å². The highest BCUT2D eigenvalue weighted by Gasteiger charge is 2.16. The second kappa shape index (κ2) is 9.26. The predicted octanol–water partition coefficient (Wildman–Crippen LogP) is 2.47. The van der Waals surface area contributed by atoms with Crippen molar-refractivity contribution in [1.29, 1.82) is 0 Å². The largest absolute Gasteiger partial charge is 0.497 e. The zero-order valence-electron chi connectivity index (χ0n) is 19.3. The topological polar surface area (TPSA) is 121 Å². The van der Waals surface area contributed by atoms with Crippen molar-refractivity contribution < 1.29 is 9.53 Å². The lowest BCUT2D eigenvalue weighted by Crippen LogP contribution is -2.39. The van der Waals surface area contributed by atoms with Gasteiger partial charge in [-0.15, -0.1) is 0 Å². The number of hydrogen-bond donors (Lipinski definition) is 1. The number of rotatable bonds is 6. The van der Waals surface area contributed by atoms with Crippen molar-refractivity contribution in [3.05, 3.63) is 75.3 Å². The smallest absolute Gasteiger partial charge is 0.332 e. The normalized spacial score (nSPS) is 11.1. The molecule has 174 valence electrons. The molecule has 0 aliphatic rings. The molecule has 0 fully saturated rings. The molecule has 1 aromatic carbocycles. The maximum absolute atomic E-state index is 12.9. The molecule has 3 heterocycles. The van der Waals surface area contributed by atoms with E-state index < -0.39 is 17.2 Å². The van der Waals surface area contributed by atoms with E-state index in [2.05, 4.69) is 20.3 Å². The van der Waals surface area contributed by atoms with Gasteiger partial charge in [0, 0.05) is 31.4 Å². The number of fused-ring (bicyclic) bond motifs is 1. The molecule has 0 unspecified atom stereocenters. The molecule has 10 heteroatoms. The summed E-state index contributed by atoms with van der Waals surface area (Å²) in [5.74, 6) is 0.696. The lowest BCUT2D eigenvalue weighted by Gasteiger charge is -2.13. The molecule has 0 atom stereocenters. The van der Waals surface area contributed by atoms with Crippen molar-refractivity contribution in [2.75, 3.05) is 12.4 Å². The van der Waals surface area contributed by atoms with E-state index in [1.807, 2.05) is 38.1 Å². The van der Waals surface area contributed by atoms with Gasteiger partial charge in [0.05, 0.1) is 23.8 Å². The van der Waals surface area contributed by atoms with Crippen LogP contribution in [0.2, 0.25) is 0 Å². The fourth-order valence-electron chi connectivity index (χ4n) is 3.56. The summed E-state index contributed by atoms with van der Waals surface area (Å²) >= 11 is 0. The molecule has 0 spiro atoms. The number of carbonyl (C=O) groups is 1. The maximum atomic E-state index is 12.9. The molecule has 0 saturated heterocycles. The Morgan fingerprint density at radius 3 is 2.50 bits per heavy atom. The van der Waals surface area contributed by atoms with Gasteiger partial charge in [0.15, 0.2) is 0 Å². The molecule has 4 aromatic rings. The van der Waals surface area contributed by atoms with Crippen LogP contribution in [0.1, 0.15) is 24.2 Å². The van der Waals surface area contributed by atoms with Crippen LogP contribution in [0.5, 0.6) is 5.75 Å². The van der Waals surface area contributed by atoms with Gasteiger partial charge in [-0.1, -0.05) is 13.8 Å². The molecule has 0 aliphatic carbocycles. The Balaban J connectivity index is 1.66. The van der Waals surface area contributed by atoms with Gasteiger partial charge in [-0.25, -0.2) is 19.7 Å². The van der Waals surface area contributed by atoms with Crippen molar-refractivity contribution in [3.8, 4) is 17.0 Å². The minimum Gasteiger partial charge on any atom is -0.497 e. The van der Waals surface area contributed by atoms with E-state index in [4.69, 9.17) is 4.74 Å². The van der Waals surface area contributed by atoms with Gasteiger partial charge >= 0.3 is 5.69 Å². The molecule has 0 radical (unpaired) electrons. The van der Waals surface area contributed by atoms with Gasteiger partial charge in [0.25, 0.3) is 11.5 Å². The second-order valence-electron chi connectivity index (χ2n) is 8.22. The van der Waals surface area contributed by atoms with E-state index in [1.165, 1.54) is 30.2 Å². The predicted molar refractivity (Wildman–Crippen MR) is 128 cm³/mol. The Labute approximate surface area is 194 Å². The van der Waals surface area contributed by atoms with E-state index in [-0.39, 0.29) is 22.5 Å². The monoisotopic (exact) mass is 460 g/mol. The highest BCUT2D eigenvalue weighted by molar-refractivity contribution is 6.05. The third-order valence-corrected chi connectivity index (χ3v) is 5.28. The number of nitrogens with one attached hydrogen (secondary N) is 1. The van der Waals surface area contributed by atoms with Crippen LogP contribution in [0.15, 0.2) is 58.5 Å². The number of amides is 1. The van der Waals surface area contributed by atoms with Crippen LogP contribution in [0, 0.1) is 5.92 Å². The molecule has 0 saturated carbocycles. The van der Waals surface area contributed by atoms with Crippen molar-refractivity contribution in [2.45, 2.75) is 20.4 Å². The van der Waals surface area contributed by atoms with Crippen LogP contribution in [0.25, 0.3) is 22.3 Å². The highest BCUT2D eigenvalue weighted by atomic mass is 16.5. The molecule has 10 nitrogen and oxygen atoms in total. The first kappa shape index (κ1) is 22.8.